The van der Waals surface area contributed by atoms with Crippen LogP contribution in [0, 0.1) is 5.92 Å². The molecule has 1 fully saturated rings. The van der Waals surface area contributed by atoms with E-state index in [2.05, 4.69) is 59.1 Å². The van der Waals surface area contributed by atoms with Crippen LogP contribution in [-0.4, -0.2) is 30.1 Å². The molecule has 18 heavy (non-hydrogen) atoms. The van der Waals surface area contributed by atoms with Crippen molar-refractivity contribution in [1.82, 2.24) is 10.2 Å². The summed E-state index contributed by atoms with van der Waals surface area (Å²) in [6.07, 6.45) is 1.33. The van der Waals surface area contributed by atoms with Gasteiger partial charge in [-0.2, -0.15) is 0 Å². The molecule has 0 aromatic carbocycles. The third-order valence-corrected chi connectivity index (χ3v) is 4.91. The van der Waals surface area contributed by atoms with Crippen LogP contribution < -0.4 is 5.32 Å². The average molecular weight is 331 g/mol. The number of nitrogens with one attached hydrogen (secondary N) is 1. The first-order chi connectivity index (χ1) is 8.42. The molecule has 1 saturated heterocycles. The standard InChI is InChI=1S/C14H23BrN2S/c1-14(2,3)16-8-11-6-7-17(9-11)10-12-4-5-13(15)18-12/h4-5,11,16H,6-10H2,1-3H3. The number of halogens is 1. The Morgan fingerprint density at radius 3 is 2.83 bits per heavy atom. The van der Waals surface area contributed by atoms with Crippen molar-refractivity contribution in [2.24, 2.45) is 5.92 Å². The molecule has 2 nitrogen and oxygen atoms in total. The zero-order valence-corrected chi connectivity index (χ0v) is 13.9. The molecule has 0 spiro atoms. The number of nitrogens with zero attached hydrogens (tertiary/aromatic N) is 1. The molecule has 102 valence electrons. The molecule has 2 heterocycles. The predicted octanol–water partition coefficient (Wildman–Crippen LogP) is 3.72. The van der Waals surface area contributed by atoms with E-state index in [0.29, 0.717) is 0 Å². The van der Waals surface area contributed by atoms with E-state index in [-0.39, 0.29) is 5.54 Å². The Balaban J connectivity index is 1.75. The van der Waals surface area contributed by atoms with Gasteiger partial charge in [0, 0.05) is 23.5 Å². The lowest BCUT2D eigenvalue weighted by atomic mass is 10.1. The summed E-state index contributed by atoms with van der Waals surface area (Å²) in [4.78, 5) is 4.04. The Morgan fingerprint density at radius 1 is 1.44 bits per heavy atom. The van der Waals surface area contributed by atoms with E-state index in [4.69, 9.17) is 0 Å². The molecule has 0 saturated carbocycles. The lowest BCUT2D eigenvalue weighted by Crippen LogP contribution is -2.39. The molecule has 4 heteroatoms. The van der Waals surface area contributed by atoms with Gasteiger partial charge < -0.3 is 5.32 Å². The summed E-state index contributed by atoms with van der Waals surface area (Å²) in [5, 5.41) is 3.62. The maximum atomic E-state index is 3.62. The number of hydrogen-bond donors (Lipinski definition) is 1. The molecule has 0 amide bonds. The van der Waals surface area contributed by atoms with Crippen LogP contribution in [0.15, 0.2) is 15.9 Å². The molecule has 1 aliphatic rings. The fourth-order valence-corrected chi connectivity index (χ4v) is 3.86. The highest BCUT2D eigenvalue weighted by Crippen LogP contribution is 2.25. The van der Waals surface area contributed by atoms with Gasteiger partial charge in [-0.25, -0.2) is 0 Å². The third kappa shape index (κ3) is 4.65. The molecule has 1 N–H and O–H groups in total. The average Bonchev–Trinajstić information content (AvgIpc) is 2.85. The van der Waals surface area contributed by atoms with Crippen molar-refractivity contribution in [2.45, 2.75) is 39.3 Å². The van der Waals surface area contributed by atoms with Gasteiger partial charge in [-0.15, -0.1) is 11.3 Å². The molecule has 1 atom stereocenters. The van der Waals surface area contributed by atoms with Crippen molar-refractivity contribution in [3.63, 3.8) is 0 Å². The van der Waals surface area contributed by atoms with E-state index < -0.39 is 0 Å². The Kier molecular flexibility index (Phi) is 4.86. The summed E-state index contributed by atoms with van der Waals surface area (Å²) in [5.41, 5.74) is 0.242. The van der Waals surface area contributed by atoms with Gasteiger partial charge in [0.2, 0.25) is 0 Å². The second-order valence-electron chi connectivity index (χ2n) is 6.23. The smallest absolute Gasteiger partial charge is 0.0701 e. The van der Waals surface area contributed by atoms with Gasteiger partial charge in [-0.3, -0.25) is 4.90 Å². The van der Waals surface area contributed by atoms with Crippen LogP contribution in [0.4, 0.5) is 0 Å². The second kappa shape index (κ2) is 6.04. The first-order valence-corrected chi connectivity index (χ1v) is 8.25. The normalized spacial score (nSPS) is 21.7. The van der Waals surface area contributed by atoms with E-state index in [9.17, 15) is 0 Å². The van der Waals surface area contributed by atoms with Crippen molar-refractivity contribution in [1.29, 1.82) is 0 Å². The van der Waals surface area contributed by atoms with Crippen molar-refractivity contribution in [3.05, 3.63) is 20.8 Å². The van der Waals surface area contributed by atoms with Gasteiger partial charge in [0.05, 0.1) is 3.79 Å². The molecule has 1 unspecified atom stereocenters. The Labute approximate surface area is 123 Å². The predicted molar refractivity (Wildman–Crippen MR) is 83.2 cm³/mol. The Bertz CT molecular complexity index is 383. The fraction of sp³-hybridized carbons (Fsp3) is 0.714. The maximum absolute atomic E-state index is 3.62. The van der Waals surface area contributed by atoms with Crippen LogP contribution in [-0.2, 0) is 6.54 Å². The fourth-order valence-electron chi connectivity index (χ4n) is 2.33. The molecule has 1 aromatic rings. The topological polar surface area (TPSA) is 15.3 Å². The highest BCUT2D eigenvalue weighted by Gasteiger charge is 2.23. The Morgan fingerprint density at radius 2 is 2.22 bits per heavy atom. The SMILES string of the molecule is CC(C)(C)NCC1CCN(Cc2ccc(Br)s2)C1. The summed E-state index contributed by atoms with van der Waals surface area (Å²) < 4.78 is 1.24. The van der Waals surface area contributed by atoms with Gasteiger partial charge >= 0.3 is 0 Å². The molecule has 0 radical (unpaired) electrons. The van der Waals surface area contributed by atoms with Gasteiger partial charge in [-0.1, -0.05) is 0 Å². The monoisotopic (exact) mass is 330 g/mol. The van der Waals surface area contributed by atoms with Gasteiger partial charge in [-0.05, 0) is 74.3 Å². The second-order valence-corrected chi connectivity index (χ2v) is 8.77. The highest BCUT2D eigenvalue weighted by molar-refractivity contribution is 9.11. The molecule has 2 rings (SSSR count). The van der Waals surface area contributed by atoms with Crippen LogP contribution in [0.5, 0.6) is 0 Å². The third-order valence-electron chi connectivity index (χ3n) is 3.30. The minimum absolute atomic E-state index is 0.242. The van der Waals surface area contributed by atoms with Crippen molar-refractivity contribution in [2.75, 3.05) is 19.6 Å². The quantitative estimate of drug-likeness (QED) is 0.905. The summed E-state index contributed by atoms with van der Waals surface area (Å²) in [7, 11) is 0. The molecule has 0 bridgehead atoms. The first-order valence-electron chi connectivity index (χ1n) is 6.64. The minimum atomic E-state index is 0.242. The lowest BCUT2D eigenvalue weighted by molar-refractivity contribution is 0.307. The van der Waals surface area contributed by atoms with Crippen LogP contribution in [0.1, 0.15) is 32.1 Å². The molecule has 1 aromatic heterocycles. The molecular weight excluding hydrogens is 308 g/mol. The molecule has 0 aliphatic carbocycles. The van der Waals surface area contributed by atoms with E-state index in [0.717, 1.165) is 19.0 Å². The first kappa shape index (κ1) is 14.5. The van der Waals surface area contributed by atoms with Gasteiger partial charge in [0.15, 0.2) is 0 Å². The summed E-state index contributed by atoms with van der Waals surface area (Å²) in [6, 6.07) is 4.38. The van der Waals surface area contributed by atoms with E-state index >= 15 is 0 Å². The zero-order chi connectivity index (χ0) is 13.2. The Hall–Kier alpha value is 0.1000. The van der Waals surface area contributed by atoms with E-state index in [1.807, 2.05) is 11.3 Å². The highest BCUT2D eigenvalue weighted by atomic mass is 79.9. The van der Waals surface area contributed by atoms with Gasteiger partial charge in [0.25, 0.3) is 0 Å². The summed E-state index contributed by atoms with van der Waals surface area (Å²) in [6.45, 7) is 11.5. The number of rotatable bonds is 4. The largest absolute Gasteiger partial charge is 0.312 e. The van der Waals surface area contributed by atoms with Crippen LogP contribution in [0.2, 0.25) is 0 Å². The van der Waals surface area contributed by atoms with E-state index in [1.54, 1.807) is 0 Å². The number of thiophene rings is 1. The van der Waals surface area contributed by atoms with Crippen molar-refractivity contribution >= 4 is 27.3 Å². The lowest BCUT2D eigenvalue weighted by Gasteiger charge is -2.23. The van der Waals surface area contributed by atoms with Crippen molar-refractivity contribution in [3.8, 4) is 0 Å². The van der Waals surface area contributed by atoms with E-state index in [1.165, 1.54) is 28.2 Å². The summed E-state index contributed by atoms with van der Waals surface area (Å²) in [5.74, 6) is 0.813. The zero-order valence-electron chi connectivity index (χ0n) is 11.5. The van der Waals surface area contributed by atoms with Crippen molar-refractivity contribution < 1.29 is 0 Å². The molecular formula is C14H23BrN2S. The maximum Gasteiger partial charge on any atom is 0.0701 e. The summed E-state index contributed by atoms with van der Waals surface area (Å²) >= 11 is 5.38. The number of hydrogen-bond acceptors (Lipinski definition) is 3. The molecule has 1 aliphatic heterocycles. The van der Waals surface area contributed by atoms with Gasteiger partial charge in [0.1, 0.15) is 0 Å². The van der Waals surface area contributed by atoms with Crippen LogP contribution in [0.25, 0.3) is 0 Å². The minimum Gasteiger partial charge on any atom is -0.312 e. The number of likely N-dealkylation sites (tertiary alicyclic amines) is 1. The van der Waals surface area contributed by atoms with Crippen LogP contribution in [0.3, 0.4) is 0 Å². The van der Waals surface area contributed by atoms with Crippen LogP contribution >= 0.6 is 27.3 Å².